The van der Waals surface area contributed by atoms with Crippen LogP contribution >= 0.6 is 15.6 Å². The second-order valence-corrected chi connectivity index (χ2v) is 23.2. The molecule has 0 radical (unpaired) electrons. The van der Waals surface area contributed by atoms with Crippen LogP contribution in [-0.4, -0.2) is 96.7 Å². The number of hydrogen-bond acceptors (Lipinski definition) is 15. The Morgan fingerprint density at radius 2 is 0.699 bits per heavy atom. The van der Waals surface area contributed by atoms with Gasteiger partial charge in [-0.05, 0) is 37.5 Å². The lowest BCUT2D eigenvalue weighted by molar-refractivity contribution is -0.161. The number of unbranched alkanes of at least 4 members (excludes halogenated alkanes) is 22. The van der Waals surface area contributed by atoms with Crippen molar-refractivity contribution in [3.63, 3.8) is 0 Å². The van der Waals surface area contributed by atoms with E-state index >= 15 is 0 Å². The average Bonchev–Trinajstić information content (AvgIpc) is 3.35. The summed E-state index contributed by atoms with van der Waals surface area (Å²) in [5.41, 5.74) is 0. The van der Waals surface area contributed by atoms with Gasteiger partial charge in [0.15, 0.2) is 12.2 Å². The van der Waals surface area contributed by atoms with Crippen LogP contribution in [0.15, 0.2) is 0 Å². The van der Waals surface area contributed by atoms with Crippen LogP contribution in [0.3, 0.4) is 0 Å². The molecule has 0 aliphatic carbocycles. The predicted octanol–water partition coefficient (Wildman–Crippen LogP) is 13.7. The number of esters is 4. The minimum atomic E-state index is -4.93. The van der Waals surface area contributed by atoms with Crippen molar-refractivity contribution >= 4 is 39.5 Å². The third kappa shape index (κ3) is 48.2. The van der Waals surface area contributed by atoms with E-state index in [9.17, 15) is 43.2 Å². The number of rotatable bonds is 53. The molecule has 0 bridgehead atoms. The summed E-state index contributed by atoms with van der Waals surface area (Å²) in [7, 11) is -9.85. The third-order valence-electron chi connectivity index (χ3n) is 12.6. The van der Waals surface area contributed by atoms with Gasteiger partial charge < -0.3 is 33.8 Å². The van der Waals surface area contributed by atoms with E-state index in [1.54, 1.807) is 0 Å². The summed E-state index contributed by atoms with van der Waals surface area (Å²) in [5.74, 6) is -0.676. The Kier molecular flexibility index (Phi) is 46.0. The number of carbonyl (C=O) groups is 4. The maximum Gasteiger partial charge on any atom is 0.472 e. The molecule has 0 saturated heterocycles. The lowest BCUT2D eigenvalue weighted by Gasteiger charge is -2.21. The van der Waals surface area contributed by atoms with Gasteiger partial charge in [0.2, 0.25) is 0 Å². The van der Waals surface area contributed by atoms with E-state index in [0.29, 0.717) is 25.7 Å². The summed E-state index contributed by atoms with van der Waals surface area (Å²) >= 11 is 0. The van der Waals surface area contributed by atoms with E-state index in [1.165, 1.54) is 64.2 Å². The SMILES string of the molecule is CCCCCCCC(=O)OC[C@H](COP(=O)(O)OC[C@H](O)COP(=O)(O)OC[C@@H](COC(=O)CCCCCCCCCCC(C)C)OC(=O)CCCCCCCCCCC(C)CC)OC(=O)CCCCCCC. The van der Waals surface area contributed by atoms with Gasteiger partial charge in [0.05, 0.1) is 26.4 Å². The molecule has 0 heterocycles. The molecule has 0 aliphatic heterocycles. The van der Waals surface area contributed by atoms with Gasteiger partial charge in [-0.25, -0.2) is 9.13 Å². The highest BCUT2D eigenvalue weighted by Gasteiger charge is 2.30. The van der Waals surface area contributed by atoms with Crippen LogP contribution in [0.2, 0.25) is 0 Å². The maximum atomic E-state index is 12.9. The molecule has 6 atom stereocenters. The number of ether oxygens (including phenoxy) is 4. The number of phosphoric ester groups is 2. The molecule has 17 nitrogen and oxygen atoms in total. The molecular formula is C54H104O17P2. The molecule has 0 spiro atoms. The van der Waals surface area contributed by atoms with Gasteiger partial charge in [-0.15, -0.1) is 0 Å². The molecule has 432 valence electrons. The van der Waals surface area contributed by atoms with Gasteiger partial charge in [0.1, 0.15) is 19.3 Å². The molecule has 3 unspecified atom stereocenters. The number of hydrogen-bond donors (Lipinski definition) is 3. The fourth-order valence-corrected chi connectivity index (χ4v) is 9.31. The summed E-state index contributed by atoms with van der Waals surface area (Å²) in [4.78, 5) is 71.2. The molecule has 0 rings (SSSR count). The molecule has 19 heteroatoms. The van der Waals surface area contributed by atoms with Crippen molar-refractivity contribution in [2.45, 2.75) is 272 Å². The molecule has 0 aromatic rings. The normalized spacial score (nSPS) is 15.0. The van der Waals surface area contributed by atoms with E-state index in [0.717, 1.165) is 108 Å². The van der Waals surface area contributed by atoms with Gasteiger partial charge in [-0.1, -0.05) is 202 Å². The van der Waals surface area contributed by atoms with Crippen molar-refractivity contribution in [2.24, 2.45) is 11.8 Å². The Morgan fingerprint density at radius 3 is 1.04 bits per heavy atom. The van der Waals surface area contributed by atoms with Crippen LogP contribution in [0.1, 0.15) is 253 Å². The van der Waals surface area contributed by atoms with Crippen LogP contribution in [0.5, 0.6) is 0 Å². The van der Waals surface area contributed by atoms with Crippen molar-refractivity contribution in [2.75, 3.05) is 39.6 Å². The number of phosphoric acid groups is 2. The number of aliphatic hydroxyl groups is 1. The Labute approximate surface area is 441 Å². The van der Waals surface area contributed by atoms with E-state index in [2.05, 4.69) is 41.5 Å². The maximum absolute atomic E-state index is 12.9. The Hall–Kier alpha value is -1.94. The van der Waals surface area contributed by atoms with E-state index in [1.807, 2.05) is 0 Å². The van der Waals surface area contributed by atoms with Crippen molar-refractivity contribution in [1.29, 1.82) is 0 Å². The van der Waals surface area contributed by atoms with Crippen LogP contribution < -0.4 is 0 Å². The van der Waals surface area contributed by atoms with E-state index in [4.69, 9.17) is 37.0 Å². The van der Waals surface area contributed by atoms with Crippen molar-refractivity contribution in [1.82, 2.24) is 0 Å². The first kappa shape index (κ1) is 71.1. The van der Waals surface area contributed by atoms with Gasteiger partial charge in [-0.2, -0.15) is 0 Å². The second kappa shape index (κ2) is 47.3. The molecule has 0 amide bonds. The molecular weight excluding hydrogens is 983 g/mol. The molecule has 3 N–H and O–H groups in total. The summed E-state index contributed by atoms with van der Waals surface area (Å²) in [6.45, 7) is 9.19. The minimum Gasteiger partial charge on any atom is -0.462 e. The quantitative estimate of drug-likeness (QED) is 0.0222. The highest BCUT2D eigenvalue weighted by molar-refractivity contribution is 7.47. The molecule has 73 heavy (non-hydrogen) atoms. The lowest BCUT2D eigenvalue weighted by Crippen LogP contribution is -2.30. The topological polar surface area (TPSA) is 237 Å². The Balaban J connectivity index is 5.16. The van der Waals surface area contributed by atoms with Crippen LogP contribution in [-0.2, 0) is 65.4 Å². The van der Waals surface area contributed by atoms with Crippen molar-refractivity contribution in [3.8, 4) is 0 Å². The average molecular weight is 1090 g/mol. The lowest BCUT2D eigenvalue weighted by atomic mass is 9.99. The zero-order valence-corrected chi connectivity index (χ0v) is 48.2. The predicted molar refractivity (Wildman–Crippen MR) is 285 cm³/mol. The summed E-state index contributed by atoms with van der Waals surface area (Å²) in [6, 6.07) is 0. The van der Waals surface area contributed by atoms with Crippen molar-refractivity contribution in [3.05, 3.63) is 0 Å². The van der Waals surface area contributed by atoms with E-state index in [-0.39, 0.29) is 25.7 Å². The first-order valence-corrected chi connectivity index (χ1v) is 31.5. The molecule has 0 aliphatic rings. The van der Waals surface area contributed by atoms with Crippen LogP contribution in [0.25, 0.3) is 0 Å². The van der Waals surface area contributed by atoms with Gasteiger partial charge in [-0.3, -0.25) is 37.3 Å². The second-order valence-electron chi connectivity index (χ2n) is 20.3. The Morgan fingerprint density at radius 1 is 0.397 bits per heavy atom. The number of aliphatic hydroxyl groups excluding tert-OH is 1. The van der Waals surface area contributed by atoms with Crippen LogP contribution in [0, 0.1) is 11.8 Å². The van der Waals surface area contributed by atoms with Crippen LogP contribution in [0.4, 0.5) is 0 Å². The molecule has 0 aromatic carbocycles. The highest BCUT2D eigenvalue weighted by Crippen LogP contribution is 2.45. The summed E-state index contributed by atoms with van der Waals surface area (Å²) < 4.78 is 67.1. The molecule has 0 saturated carbocycles. The number of carbonyl (C=O) groups excluding carboxylic acids is 4. The summed E-state index contributed by atoms with van der Waals surface area (Å²) in [5, 5.41) is 10.4. The van der Waals surface area contributed by atoms with Gasteiger partial charge in [0.25, 0.3) is 0 Å². The Bertz CT molecular complexity index is 1470. The monoisotopic (exact) mass is 1090 g/mol. The van der Waals surface area contributed by atoms with Crippen molar-refractivity contribution < 1.29 is 80.2 Å². The first-order valence-electron chi connectivity index (χ1n) is 28.5. The molecule has 0 fully saturated rings. The largest absolute Gasteiger partial charge is 0.472 e. The fourth-order valence-electron chi connectivity index (χ4n) is 7.73. The first-order chi connectivity index (χ1) is 34.9. The zero-order chi connectivity index (χ0) is 54.4. The van der Waals surface area contributed by atoms with Gasteiger partial charge >= 0.3 is 39.5 Å². The minimum absolute atomic E-state index is 0.0982. The van der Waals surface area contributed by atoms with E-state index < -0.39 is 97.5 Å². The molecule has 0 aromatic heterocycles. The smallest absolute Gasteiger partial charge is 0.462 e. The standard InChI is InChI=1S/C54H104O17P2/c1-7-10-12-22-30-36-51(56)64-42-49(70-53(58)38-32-23-13-11-8-2)44-68-72(60,61)66-40-48(55)41-67-73(62,63)69-45-50(43-65-52(57)37-31-26-20-16-14-18-24-28-34-46(4)5)71-54(59)39-33-27-21-17-15-19-25-29-35-47(6)9-3/h46-50,55H,7-45H2,1-6H3,(H,60,61)(H,62,63)/t47?,48-,49+,50+/m0/s1. The zero-order valence-electron chi connectivity index (χ0n) is 46.4. The fraction of sp³-hybridized carbons (Fsp3) is 0.926. The van der Waals surface area contributed by atoms with Gasteiger partial charge in [0, 0.05) is 25.7 Å². The highest BCUT2D eigenvalue weighted by atomic mass is 31.2. The third-order valence-corrected chi connectivity index (χ3v) is 14.5. The summed E-state index contributed by atoms with van der Waals surface area (Å²) in [6.07, 6.45) is 26.0.